The van der Waals surface area contributed by atoms with Crippen LogP contribution in [0.2, 0.25) is 0 Å². The van der Waals surface area contributed by atoms with Crippen LogP contribution in [0.3, 0.4) is 0 Å². The van der Waals surface area contributed by atoms with E-state index < -0.39 is 36.4 Å². The summed E-state index contributed by atoms with van der Waals surface area (Å²) in [5.74, 6) is -4.12. The van der Waals surface area contributed by atoms with E-state index in [1.54, 1.807) is 0 Å². The summed E-state index contributed by atoms with van der Waals surface area (Å²) >= 11 is 6.89. The van der Waals surface area contributed by atoms with E-state index in [1.807, 2.05) is 60.7 Å². The minimum atomic E-state index is -2.74. The van der Waals surface area contributed by atoms with Crippen molar-refractivity contribution in [3.05, 3.63) is 102 Å². The van der Waals surface area contributed by atoms with Gasteiger partial charge in [-0.3, -0.25) is 9.59 Å². The number of rotatable bonds is 16. The zero-order valence-electron chi connectivity index (χ0n) is 25.0. The standard InChI is InChI=1S/C28H32ClNO.C6H8O7/c1-3-30(4-2)21-11-12-22-31-26-19-17-24(18-20-26)27(23-13-7-5-8-14-23)28(29)25-15-9-6-10-16-25;7-3(8)1-6(13,5(11)12)2-4(9)10/h5-10,13-20H,3-4,11-12,21-22H2,1-2H3;13H,1-2H2,(H,7,8)(H,9,10)(H,11,12). The third-order valence-electron chi connectivity index (χ3n) is 6.77. The molecule has 0 aliphatic carbocycles. The maximum atomic E-state index is 10.3. The molecule has 0 heterocycles. The molecule has 0 aliphatic heterocycles. The first-order valence-corrected chi connectivity index (χ1v) is 14.7. The van der Waals surface area contributed by atoms with Crippen LogP contribution in [0, 0.1) is 0 Å². The quantitative estimate of drug-likeness (QED) is 0.110. The van der Waals surface area contributed by atoms with Crippen LogP contribution in [0.5, 0.6) is 5.75 Å². The summed E-state index contributed by atoms with van der Waals surface area (Å²) in [4.78, 5) is 32.9. The molecular weight excluding hydrogens is 586 g/mol. The second-order valence-electron chi connectivity index (χ2n) is 10.0. The topological polar surface area (TPSA) is 145 Å². The van der Waals surface area contributed by atoms with E-state index >= 15 is 0 Å². The summed E-state index contributed by atoms with van der Waals surface area (Å²) in [7, 11) is 0. The highest BCUT2D eigenvalue weighted by molar-refractivity contribution is 6.53. The number of carbonyl (C=O) groups is 3. The lowest BCUT2D eigenvalue weighted by atomic mass is 9.95. The van der Waals surface area contributed by atoms with Crippen LogP contribution in [-0.4, -0.2) is 75.1 Å². The number of aliphatic carboxylic acids is 3. The van der Waals surface area contributed by atoms with E-state index in [1.165, 1.54) is 0 Å². The molecule has 44 heavy (non-hydrogen) atoms. The Kier molecular flexibility index (Phi) is 15.1. The Hall–Kier alpha value is -4.18. The number of hydrogen-bond acceptors (Lipinski definition) is 6. The van der Waals surface area contributed by atoms with Crippen molar-refractivity contribution in [3.63, 3.8) is 0 Å². The SMILES string of the molecule is CCN(CC)CCCCOc1ccc(C(=C(Cl)c2ccccc2)c2ccccc2)cc1.O=C(O)CC(O)(CC(=O)O)C(=O)O. The predicted octanol–water partition coefficient (Wildman–Crippen LogP) is 6.09. The summed E-state index contributed by atoms with van der Waals surface area (Å²) in [6.07, 6.45) is -0.0656. The Morgan fingerprint density at radius 3 is 1.66 bits per heavy atom. The smallest absolute Gasteiger partial charge is 0.336 e. The van der Waals surface area contributed by atoms with Crippen molar-refractivity contribution in [3.8, 4) is 5.75 Å². The highest BCUT2D eigenvalue weighted by Crippen LogP contribution is 2.35. The van der Waals surface area contributed by atoms with Gasteiger partial charge in [-0.05, 0) is 61.3 Å². The second-order valence-corrected chi connectivity index (χ2v) is 10.4. The molecule has 0 fully saturated rings. The molecule has 9 nitrogen and oxygen atoms in total. The third-order valence-corrected chi connectivity index (χ3v) is 7.18. The number of hydrogen-bond donors (Lipinski definition) is 4. The van der Waals surface area contributed by atoms with E-state index in [-0.39, 0.29) is 0 Å². The Morgan fingerprint density at radius 2 is 1.20 bits per heavy atom. The summed E-state index contributed by atoms with van der Waals surface area (Å²) in [6, 6.07) is 28.7. The summed E-state index contributed by atoms with van der Waals surface area (Å²) in [6.45, 7) is 8.53. The Labute approximate surface area is 263 Å². The Morgan fingerprint density at radius 1 is 0.727 bits per heavy atom. The van der Waals surface area contributed by atoms with Gasteiger partial charge in [-0.15, -0.1) is 0 Å². The van der Waals surface area contributed by atoms with Gasteiger partial charge in [-0.1, -0.05) is 98.2 Å². The van der Waals surface area contributed by atoms with Crippen LogP contribution in [0.15, 0.2) is 84.9 Å². The maximum absolute atomic E-state index is 10.3. The van der Waals surface area contributed by atoms with Gasteiger partial charge >= 0.3 is 17.9 Å². The van der Waals surface area contributed by atoms with Gasteiger partial charge < -0.3 is 30.1 Å². The molecule has 0 saturated heterocycles. The van der Waals surface area contributed by atoms with E-state index in [9.17, 15) is 14.4 Å². The molecule has 0 saturated carbocycles. The molecule has 10 heteroatoms. The van der Waals surface area contributed by atoms with Crippen LogP contribution < -0.4 is 4.74 Å². The maximum Gasteiger partial charge on any atom is 0.336 e. The first-order valence-electron chi connectivity index (χ1n) is 14.4. The van der Waals surface area contributed by atoms with Crippen LogP contribution in [0.25, 0.3) is 10.6 Å². The molecule has 0 amide bonds. The molecule has 0 bridgehead atoms. The van der Waals surface area contributed by atoms with Gasteiger partial charge in [0, 0.05) is 5.57 Å². The molecule has 0 aliphatic rings. The normalized spacial score (nSPS) is 11.7. The largest absolute Gasteiger partial charge is 0.494 e. The van der Waals surface area contributed by atoms with Crippen molar-refractivity contribution in [2.75, 3.05) is 26.2 Å². The lowest BCUT2D eigenvalue weighted by molar-refractivity contribution is -0.170. The minimum absolute atomic E-state index is 0.743. The fourth-order valence-corrected chi connectivity index (χ4v) is 4.70. The predicted molar refractivity (Wildman–Crippen MR) is 171 cm³/mol. The van der Waals surface area contributed by atoms with Crippen molar-refractivity contribution < 1.29 is 39.5 Å². The lowest BCUT2D eigenvalue weighted by Gasteiger charge is -2.18. The third kappa shape index (κ3) is 11.8. The van der Waals surface area contributed by atoms with Crippen molar-refractivity contribution in [2.45, 2.75) is 45.1 Å². The number of nitrogens with zero attached hydrogens (tertiary/aromatic N) is 1. The number of halogens is 1. The van der Waals surface area contributed by atoms with E-state index in [0.29, 0.717) is 0 Å². The monoisotopic (exact) mass is 625 g/mol. The zero-order chi connectivity index (χ0) is 32.5. The van der Waals surface area contributed by atoms with Crippen LogP contribution in [0.4, 0.5) is 0 Å². The highest BCUT2D eigenvalue weighted by Gasteiger charge is 2.40. The number of ether oxygens (including phenoxy) is 1. The fraction of sp³-hybridized carbons (Fsp3) is 0.324. The Bertz CT molecular complexity index is 1340. The molecule has 0 unspecified atom stereocenters. The molecule has 0 spiro atoms. The molecule has 4 N–H and O–H groups in total. The number of benzene rings is 3. The van der Waals surface area contributed by atoms with Gasteiger partial charge in [0.15, 0.2) is 5.60 Å². The van der Waals surface area contributed by atoms with Gasteiger partial charge in [0.2, 0.25) is 0 Å². The average molecular weight is 626 g/mol. The van der Waals surface area contributed by atoms with E-state index in [2.05, 4.69) is 43.0 Å². The highest BCUT2D eigenvalue weighted by atomic mass is 35.5. The van der Waals surface area contributed by atoms with Crippen molar-refractivity contribution in [1.29, 1.82) is 0 Å². The number of unbranched alkanes of at least 4 members (excludes halogenated alkanes) is 1. The van der Waals surface area contributed by atoms with Gasteiger partial charge in [-0.2, -0.15) is 0 Å². The number of carboxylic acids is 3. The van der Waals surface area contributed by atoms with Gasteiger partial charge in [0.1, 0.15) is 5.75 Å². The molecule has 236 valence electrons. The first-order chi connectivity index (χ1) is 21.0. The molecule has 0 aromatic heterocycles. The minimum Gasteiger partial charge on any atom is -0.494 e. The first kappa shape index (κ1) is 36.0. The fourth-order valence-electron chi connectivity index (χ4n) is 4.35. The molecular formula is C34H40ClNO8. The summed E-state index contributed by atoms with van der Waals surface area (Å²) in [5, 5.41) is 34.6. The molecule has 0 atom stereocenters. The van der Waals surface area contributed by atoms with Crippen molar-refractivity contribution in [1.82, 2.24) is 4.90 Å². The van der Waals surface area contributed by atoms with E-state index in [4.69, 9.17) is 36.8 Å². The zero-order valence-corrected chi connectivity index (χ0v) is 25.7. The van der Waals surface area contributed by atoms with E-state index in [0.717, 1.165) is 72.1 Å². The second kappa shape index (κ2) is 18.5. The number of aliphatic hydroxyl groups is 1. The van der Waals surface area contributed by atoms with Gasteiger partial charge in [0.05, 0.1) is 24.5 Å². The molecule has 0 radical (unpaired) electrons. The van der Waals surface area contributed by atoms with Gasteiger partial charge in [-0.25, -0.2) is 4.79 Å². The van der Waals surface area contributed by atoms with Crippen molar-refractivity contribution in [2.24, 2.45) is 0 Å². The molecule has 3 aromatic rings. The van der Waals surface area contributed by atoms with Crippen molar-refractivity contribution >= 4 is 40.1 Å². The summed E-state index contributed by atoms with van der Waals surface area (Å²) in [5.41, 5.74) is 1.48. The lowest BCUT2D eigenvalue weighted by Crippen LogP contribution is -2.42. The Balaban J connectivity index is 0.000000439. The van der Waals surface area contributed by atoms with Crippen LogP contribution >= 0.6 is 11.6 Å². The molecule has 3 rings (SSSR count). The number of carboxylic acid groups (broad SMARTS) is 3. The van der Waals surface area contributed by atoms with Crippen LogP contribution in [-0.2, 0) is 14.4 Å². The summed E-state index contributed by atoms with van der Waals surface area (Å²) < 4.78 is 5.97. The van der Waals surface area contributed by atoms with Crippen LogP contribution in [0.1, 0.15) is 56.2 Å². The van der Waals surface area contributed by atoms with Gasteiger partial charge in [0.25, 0.3) is 0 Å². The average Bonchev–Trinajstić information content (AvgIpc) is 3.00. The molecule has 3 aromatic carbocycles.